The summed E-state index contributed by atoms with van der Waals surface area (Å²) in [7, 11) is 0. The Labute approximate surface area is 221 Å². The van der Waals surface area contributed by atoms with Crippen LogP contribution in [0.1, 0.15) is 63.9 Å². The third-order valence-corrected chi connectivity index (χ3v) is 7.51. The molecule has 0 saturated carbocycles. The van der Waals surface area contributed by atoms with Gasteiger partial charge in [0.25, 0.3) is 11.8 Å². The molecule has 2 N–H and O–H groups in total. The minimum absolute atomic E-state index is 0.270. The monoisotopic (exact) mass is 520 g/mol. The summed E-state index contributed by atoms with van der Waals surface area (Å²) in [5.74, 6) is 0.0168. The van der Waals surface area contributed by atoms with E-state index >= 15 is 0 Å². The number of carbonyl (C=O) groups is 3. The van der Waals surface area contributed by atoms with Gasteiger partial charge in [-0.3, -0.25) is 9.59 Å². The summed E-state index contributed by atoms with van der Waals surface area (Å²) >= 11 is 1.46. The van der Waals surface area contributed by atoms with Crippen molar-refractivity contribution in [3.8, 4) is 5.75 Å². The number of hydrogen-bond acceptors (Lipinski definition) is 6. The van der Waals surface area contributed by atoms with Gasteiger partial charge in [-0.2, -0.15) is 0 Å². The first-order valence-electron chi connectivity index (χ1n) is 12.5. The van der Waals surface area contributed by atoms with Gasteiger partial charge in [0.05, 0.1) is 12.2 Å². The molecule has 1 aliphatic carbocycles. The standard InChI is InChI=1S/C29H32N2O5S/c1-5-35-29(34)25-23-15-8-18(3)16-24(23)37-28(25)31-27(33)20-9-13-22(14-10-20)36-19(4)26(32)30-21-11-6-17(2)7-12-21/h6-7,9-14,18-19H,5,8,15-16H2,1-4H3,(H,30,32)(H,31,33)/t18-,19-/m0/s1. The lowest BCUT2D eigenvalue weighted by molar-refractivity contribution is -0.122. The van der Waals surface area contributed by atoms with Gasteiger partial charge in [0.15, 0.2) is 6.10 Å². The summed E-state index contributed by atoms with van der Waals surface area (Å²) < 4.78 is 11.1. The molecule has 3 aromatic rings. The molecule has 0 bridgehead atoms. The largest absolute Gasteiger partial charge is 0.481 e. The lowest BCUT2D eigenvalue weighted by atomic mass is 9.88. The van der Waals surface area contributed by atoms with Crippen LogP contribution in [0.25, 0.3) is 0 Å². The molecule has 4 rings (SSSR count). The number of rotatable bonds is 8. The third-order valence-electron chi connectivity index (χ3n) is 6.34. The van der Waals surface area contributed by atoms with E-state index in [2.05, 4.69) is 17.6 Å². The van der Waals surface area contributed by atoms with Gasteiger partial charge in [0.1, 0.15) is 10.8 Å². The van der Waals surface area contributed by atoms with E-state index < -0.39 is 12.1 Å². The molecular formula is C29H32N2O5S. The van der Waals surface area contributed by atoms with Crippen molar-refractivity contribution in [3.63, 3.8) is 0 Å². The van der Waals surface area contributed by atoms with Gasteiger partial charge < -0.3 is 20.1 Å². The number of anilines is 2. The Bertz CT molecular complexity index is 1280. The number of fused-ring (bicyclic) bond motifs is 1. The number of hydrogen-bond donors (Lipinski definition) is 2. The molecule has 2 atom stereocenters. The van der Waals surface area contributed by atoms with E-state index in [1.165, 1.54) is 11.3 Å². The van der Waals surface area contributed by atoms with Gasteiger partial charge in [-0.15, -0.1) is 11.3 Å². The SMILES string of the molecule is CCOC(=O)c1c(NC(=O)c2ccc(O[C@@H](C)C(=O)Nc3ccc(C)cc3)cc2)sc2c1CC[C@H](C)C2. The number of thiophene rings is 1. The lowest BCUT2D eigenvalue weighted by Gasteiger charge is -2.18. The van der Waals surface area contributed by atoms with Crippen LogP contribution in [0.2, 0.25) is 0 Å². The first kappa shape index (κ1) is 26.4. The van der Waals surface area contributed by atoms with Crippen molar-refractivity contribution in [3.05, 3.63) is 75.7 Å². The van der Waals surface area contributed by atoms with Gasteiger partial charge in [-0.1, -0.05) is 24.6 Å². The summed E-state index contributed by atoms with van der Waals surface area (Å²) in [6.45, 7) is 7.89. The predicted molar refractivity (Wildman–Crippen MR) is 146 cm³/mol. The number of ether oxygens (including phenoxy) is 2. The van der Waals surface area contributed by atoms with Crippen LogP contribution in [-0.4, -0.2) is 30.5 Å². The maximum atomic E-state index is 13.0. The molecule has 194 valence electrons. The van der Waals surface area contributed by atoms with Crippen LogP contribution in [-0.2, 0) is 22.4 Å². The Morgan fingerprint density at radius 3 is 2.43 bits per heavy atom. The Morgan fingerprint density at radius 2 is 1.76 bits per heavy atom. The van der Waals surface area contributed by atoms with E-state index in [1.807, 2.05) is 31.2 Å². The van der Waals surface area contributed by atoms with Crippen LogP contribution >= 0.6 is 11.3 Å². The Hall–Kier alpha value is -3.65. The number of aryl methyl sites for hydroxylation is 1. The summed E-state index contributed by atoms with van der Waals surface area (Å²) in [6, 6.07) is 14.1. The van der Waals surface area contributed by atoms with Gasteiger partial charge in [-0.05, 0) is 87.9 Å². The molecule has 7 nitrogen and oxygen atoms in total. The molecule has 8 heteroatoms. The zero-order chi connectivity index (χ0) is 26.5. The Kier molecular flexibility index (Phi) is 8.28. The number of nitrogens with one attached hydrogen (secondary N) is 2. The van der Waals surface area contributed by atoms with Crippen molar-refractivity contribution in [1.82, 2.24) is 0 Å². The summed E-state index contributed by atoms with van der Waals surface area (Å²) in [5, 5.41) is 6.28. The fourth-order valence-corrected chi connectivity index (χ4v) is 5.65. The van der Waals surface area contributed by atoms with Crippen LogP contribution in [0.15, 0.2) is 48.5 Å². The highest BCUT2D eigenvalue weighted by Crippen LogP contribution is 2.40. The van der Waals surface area contributed by atoms with Crippen LogP contribution in [0.3, 0.4) is 0 Å². The molecular weight excluding hydrogens is 488 g/mol. The molecule has 37 heavy (non-hydrogen) atoms. The van der Waals surface area contributed by atoms with Crippen molar-refractivity contribution in [2.75, 3.05) is 17.2 Å². The maximum absolute atomic E-state index is 13.0. The summed E-state index contributed by atoms with van der Waals surface area (Å²) in [5.41, 5.74) is 3.70. The van der Waals surface area contributed by atoms with Crippen LogP contribution in [0.4, 0.5) is 10.7 Å². The Morgan fingerprint density at radius 1 is 1.05 bits per heavy atom. The fraction of sp³-hybridized carbons (Fsp3) is 0.345. The molecule has 1 heterocycles. The van der Waals surface area contributed by atoms with Gasteiger partial charge in [-0.25, -0.2) is 4.79 Å². The quantitative estimate of drug-likeness (QED) is 0.355. The minimum Gasteiger partial charge on any atom is -0.481 e. The molecule has 0 saturated heterocycles. The van der Waals surface area contributed by atoms with Crippen LogP contribution in [0.5, 0.6) is 5.75 Å². The minimum atomic E-state index is -0.729. The Balaban J connectivity index is 1.42. The van der Waals surface area contributed by atoms with Crippen molar-refractivity contribution in [2.45, 2.75) is 53.1 Å². The molecule has 0 aliphatic heterocycles. The average molecular weight is 521 g/mol. The first-order chi connectivity index (χ1) is 17.7. The van der Waals surface area contributed by atoms with E-state index in [4.69, 9.17) is 9.47 Å². The summed E-state index contributed by atoms with van der Waals surface area (Å²) in [4.78, 5) is 39.4. The van der Waals surface area contributed by atoms with E-state index in [0.29, 0.717) is 33.5 Å². The number of amides is 2. The highest BCUT2D eigenvalue weighted by molar-refractivity contribution is 7.17. The molecule has 1 aromatic heterocycles. The van der Waals surface area contributed by atoms with E-state index in [9.17, 15) is 14.4 Å². The molecule has 1 aliphatic rings. The molecule has 0 fully saturated rings. The lowest BCUT2D eigenvalue weighted by Crippen LogP contribution is -2.30. The number of esters is 1. The highest BCUT2D eigenvalue weighted by atomic mass is 32.1. The molecule has 2 amide bonds. The zero-order valence-corrected chi connectivity index (χ0v) is 22.4. The molecule has 0 spiro atoms. The van der Waals surface area contributed by atoms with Crippen molar-refractivity contribution >= 4 is 39.8 Å². The normalized spacial score (nSPS) is 15.3. The number of carbonyl (C=O) groups excluding carboxylic acids is 3. The van der Waals surface area contributed by atoms with Crippen molar-refractivity contribution in [1.29, 1.82) is 0 Å². The predicted octanol–water partition coefficient (Wildman–Crippen LogP) is 6.02. The molecule has 0 radical (unpaired) electrons. The van der Waals surface area contributed by atoms with Crippen LogP contribution in [0, 0.1) is 12.8 Å². The van der Waals surface area contributed by atoms with Crippen molar-refractivity contribution in [2.24, 2.45) is 5.92 Å². The van der Waals surface area contributed by atoms with Gasteiger partial charge in [0, 0.05) is 16.1 Å². The molecule has 0 unspecified atom stereocenters. The zero-order valence-electron chi connectivity index (χ0n) is 21.6. The van der Waals surface area contributed by atoms with Crippen molar-refractivity contribution < 1.29 is 23.9 Å². The van der Waals surface area contributed by atoms with E-state index in [-0.39, 0.29) is 18.4 Å². The highest BCUT2D eigenvalue weighted by Gasteiger charge is 2.29. The first-order valence-corrected chi connectivity index (χ1v) is 13.3. The maximum Gasteiger partial charge on any atom is 0.341 e. The molecule has 2 aromatic carbocycles. The van der Waals surface area contributed by atoms with Gasteiger partial charge >= 0.3 is 5.97 Å². The second-order valence-electron chi connectivity index (χ2n) is 9.37. The topological polar surface area (TPSA) is 93.7 Å². The average Bonchev–Trinajstić information content (AvgIpc) is 3.22. The van der Waals surface area contributed by atoms with Crippen LogP contribution < -0.4 is 15.4 Å². The van der Waals surface area contributed by atoms with E-state index in [0.717, 1.165) is 35.3 Å². The fourth-order valence-electron chi connectivity index (χ4n) is 4.26. The van der Waals surface area contributed by atoms with Gasteiger partial charge in [0.2, 0.25) is 0 Å². The second kappa shape index (κ2) is 11.6. The third kappa shape index (κ3) is 6.38. The van der Waals surface area contributed by atoms with E-state index in [1.54, 1.807) is 38.1 Å². The number of benzene rings is 2. The second-order valence-corrected chi connectivity index (χ2v) is 10.5. The smallest absolute Gasteiger partial charge is 0.341 e. The summed E-state index contributed by atoms with van der Waals surface area (Å²) in [6.07, 6.45) is 1.97.